The van der Waals surface area contributed by atoms with E-state index in [4.69, 9.17) is 4.42 Å². The smallest absolute Gasteiger partial charge is 0.135 e. The maximum absolute atomic E-state index is 6.16. The monoisotopic (exact) mass is 714 g/mol. The lowest BCUT2D eigenvalue weighted by atomic mass is 9.83. The van der Waals surface area contributed by atoms with Gasteiger partial charge in [-0.3, -0.25) is 0 Å². The maximum atomic E-state index is 6.16. The predicted molar refractivity (Wildman–Crippen MR) is 235 cm³/mol. The second-order valence-corrected chi connectivity index (χ2v) is 14.5. The third kappa shape index (κ3) is 6.50. The Bertz CT molecular complexity index is 2780. The van der Waals surface area contributed by atoms with E-state index in [9.17, 15) is 0 Å². The van der Waals surface area contributed by atoms with Crippen molar-refractivity contribution in [2.75, 3.05) is 0 Å². The molecular formula is C55H38O. The predicted octanol–water partition coefficient (Wildman–Crippen LogP) is 15.1. The first kappa shape index (κ1) is 33.4. The molecular weight excluding hydrogens is 677 g/mol. The highest BCUT2D eigenvalue weighted by Gasteiger charge is 2.19. The first-order chi connectivity index (χ1) is 27.7. The molecule has 1 heterocycles. The topological polar surface area (TPSA) is 13.1 Å². The molecule has 0 atom stereocenters. The lowest BCUT2D eigenvalue weighted by Gasteiger charge is -2.21. The van der Waals surface area contributed by atoms with Gasteiger partial charge in [0.05, 0.1) is 0 Å². The van der Waals surface area contributed by atoms with Gasteiger partial charge in [-0.15, -0.1) is 0 Å². The summed E-state index contributed by atoms with van der Waals surface area (Å²) in [5, 5.41) is 2.28. The van der Waals surface area contributed by atoms with Crippen molar-refractivity contribution < 1.29 is 4.42 Å². The van der Waals surface area contributed by atoms with Gasteiger partial charge >= 0.3 is 0 Å². The quantitative estimate of drug-likeness (QED) is 0.143. The average molecular weight is 715 g/mol. The molecule has 0 spiro atoms. The molecule has 0 amide bonds. The van der Waals surface area contributed by atoms with Gasteiger partial charge in [0.15, 0.2) is 0 Å². The van der Waals surface area contributed by atoms with Crippen molar-refractivity contribution in [1.29, 1.82) is 0 Å². The van der Waals surface area contributed by atoms with Gasteiger partial charge in [-0.2, -0.15) is 0 Å². The Kier molecular flexibility index (Phi) is 8.67. The molecule has 0 unspecified atom stereocenters. The van der Waals surface area contributed by atoms with E-state index in [1.807, 2.05) is 12.1 Å². The van der Waals surface area contributed by atoms with Gasteiger partial charge in [0.25, 0.3) is 0 Å². The molecule has 1 heteroatoms. The fraction of sp³-hybridized carbons (Fsp3) is 0.0182. The van der Waals surface area contributed by atoms with Crippen LogP contribution in [0.15, 0.2) is 229 Å². The maximum Gasteiger partial charge on any atom is 0.135 e. The summed E-state index contributed by atoms with van der Waals surface area (Å²) in [6.45, 7) is 0. The Morgan fingerprint density at radius 1 is 0.232 bits per heavy atom. The first-order valence-corrected chi connectivity index (χ1v) is 19.3. The summed E-state index contributed by atoms with van der Waals surface area (Å²) in [6, 6.07) is 81.0. The molecule has 0 aliphatic heterocycles. The number of para-hydroxylation sites is 1. The summed E-state index contributed by atoms with van der Waals surface area (Å²) in [5.74, 6) is 0.0393. The normalized spacial score (nSPS) is 11.4. The molecule has 0 aliphatic rings. The standard InChI is InChI=1S/C55H38O/c1-3-10-38(11-4-1)40-18-22-42(23-19-40)44-26-30-46(31-27-44)55(47-32-28-45(29-33-47)43-24-20-41(21-25-43)39-12-5-2-6-13-39)50-15-9-14-48(36-50)49-34-35-54-52(37-49)51-16-7-8-17-53(51)56-54/h1-37,55H. The van der Waals surface area contributed by atoms with E-state index in [1.165, 1.54) is 72.3 Å². The number of furan rings is 1. The van der Waals surface area contributed by atoms with E-state index in [1.54, 1.807) is 0 Å². The van der Waals surface area contributed by atoms with Crippen LogP contribution in [-0.4, -0.2) is 0 Å². The molecule has 10 rings (SSSR count). The molecule has 9 aromatic carbocycles. The molecule has 56 heavy (non-hydrogen) atoms. The van der Waals surface area contributed by atoms with Crippen molar-refractivity contribution in [2.45, 2.75) is 5.92 Å². The highest BCUT2D eigenvalue weighted by Crippen LogP contribution is 2.38. The zero-order valence-electron chi connectivity index (χ0n) is 30.8. The molecule has 1 aromatic heterocycles. The van der Waals surface area contributed by atoms with Gasteiger partial charge in [-0.05, 0) is 90.5 Å². The SMILES string of the molecule is c1ccc(-c2ccc(-c3ccc(C(c4ccc(-c5ccc(-c6ccccc6)cc5)cc4)c4cccc(-c5ccc6oc7ccccc7c6c5)c4)cc3)cc2)cc1. The van der Waals surface area contributed by atoms with Gasteiger partial charge in [0.1, 0.15) is 11.2 Å². The van der Waals surface area contributed by atoms with Gasteiger partial charge < -0.3 is 4.42 Å². The van der Waals surface area contributed by atoms with Crippen LogP contribution in [0.5, 0.6) is 0 Å². The molecule has 1 nitrogen and oxygen atoms in total. The summed E-state index contributed by atoms with van der Waals surface area (Å²) in [5.41, 5.74) is 17.7. The fourth-order valence-corrected chi connectivity index (χ4v) is 8.09. The van der Waals surface area contributed by atoms with Crippen molar-refractivity contribution >= 4 is 21.9 Å². The number of rotatable bonds is 8. The van der Waals surface area contributed by atoms with Crippen LogP contribution >= 0.6 is 0 Å². The summed E-state index contributed by atoms with van der Waals surface area (Å²) in [4.78, 5) is 0. The first-order valence-electron chi connectivity index (χ1n) is 19.3. The number of fused-ring (bicyclic) bond motifs is 3. The van der Waals surface area contributed by atoms with Crippen LogP contribution in [0.3, 0.4) is 0 Å². The van der Waals surface area contributed by atoms with Crippen molar-refractivity contribution in [3.8, 4) is 55.6 Å². The molecule has 0 fully saturated rings. The molecule has 0 radical (unpaired) electrons. The lowest BCUT2D eigenvalue weighted by molar-refractivity contribution is 0.669. The van der Waals surface area contributed by atoms with Crippen LogP contribution in [0, 0.1) is 0 Å². The second kappa shape index (κ2) is 14.5. The van der Waals surface area contributed by atoms with Gasteiger partial charge in [0.2, 0.25) is 0 Å². The summed E-state index contributed by atoms with van der Waals surface area (Å²) >= 11 is 0. The fourth-order valence-electron chi connectivity index (χ4n) is 8.09. The molecule has 0 N–H and O–H groups in total. The number of hydrogen-bond acceptors (Lipinski definition) is 1. The molecule has 264 valence electrons. The van der Waals surface area contributed by atoms with Crippen LogP contribution in [0.4, 0.5) is 0 Å². The van der Waals surface area contributed by atoms with E-state index < -0.39 is 0 Å². The Labute approximate surface area is 327 Å². The van der Waals surface area contributed by atoms with Crippen molar-refractivity contribution in [2.24, 2.45) is 0 Å². The van der Waals surface area contributed by atoms with Gasteiger partial charge in [-0.25, -0.2) is 0 Å². The summed E-state index contributed by atoms with van der Waals surface area (Å²) < 4.78 is 6.16. The third-order valence-electron chi connectivity index (χ3n) is 11.1. The second-order valence-electron chi connectivity index (χ2n) is 14.5. The van der Waals surface area contributed by atoms with Crippen LogP contribution in [0.1, 0.15) is 22.6 Å². The number of hydrogen-bond donors (Lipinski definition) is 0. The number of benzene rings is 9. The Morgan fingerprint density at radius 2 is 0.607 bits per heavy atom. The highest BCUT2D eigenvalue weighted by atomic mass is 16.3. The molecule has 0 aliphatic carbocycles. The van der Waals surface area contributed by atoms with Crippen molar-refractivity contribution in [3.63, 3.8) is 0 Å². The van der Waals surface area contributed by atoms with Crippen molar-refractivity contribution in [1.82, 2.24) is 0 Å². The minimum Gasteiger partial charge on any atom is -0.456 e. The van der Waals surface area contributed by atoms with Crippen LogP contribution in [-0.2, 0) is 0 Å². The van der Waals surface area contributed by atoms with E-state index in [0.717, 1.165) is 21.9 Å². The summed E-state index contributed by atoms with van der Waals surface area (Å²) in [6.07, 6.45) is 0. The van der Waals surface area contributed by atoms with Gasteiger partial charge in [0, 0.05) is 16.7 Å². The van der Waals surface area contributed by atoms with Gasteiger partial charge in [-0.1, -0.05) is 206 Å². The highest BCUT2D eigenvalue weighted by molar-refractivity contribution is 6.06. The van der Waals surface area contributed by atoms with E-state index in [2.05, 4.69) is 212 Å². The lowest BCUT2D eigenvalue weighted by Crippen LogP contribution is -2.04. The average Bonchev–Trinajstić information content (AvgIpc) is 3.66. The largest absolute Gasteiger partial charge is 0.456 e. The molecule has 0 saturated carbocycles. The van der Waals surface area contributed by atoms with Crippen LogP contribution in [0.25, 0.3) is 77.6 Å². The minimum atomic E-state index is 0.0393. The Balaban J connectivity index is 1.01. The molecule has 0 bridgehead atoms. The zero-order chi connectivity index (χ0) is 37.3. The Hall–Kier alpha value is -7.22. The third-order valence-corrected chi connectivity index (χ3v) is 11.1. The molecule has 10 aromatic rings. The van der Waals surface area contributed by atoms with E-state index in [0.29, 0.717) is 0 Å². The van der Waals surface area contributed by atoms with Crippen molar-refractivity contribution in [3.05, 3.63) is 241 Å². The Morgan fingerprint density at radius 3 is 1.12 bits per heavy atom. The van der Waals surface area contributed by atoms with Crippen LogP contribution < -0.4 is 0 Å². The minimum absolute atomic E-state index is 0.0393. The van der Waals surface area contributed by atoms with E-state index >= 15 is 0 Å². The van der Waals surface area contributed by atoms with Crippen LogP contribution in [0.2, 0.25) is 0 Å². The summed E-state index contributed by atoms with van der Waals surface area (Å²) in [7, 11) is 0. The zero-order valence-corrected chi connectivity index (χ0v) is 30.8. The molecule has 0 saturated heterocycles. The van der Waals surface area contributed by atoms with E-state index in [-0.39, 0.29) is 5.92 Å².